The van der Waals surface area contributed by atoms with Crippen LogP contribution in [-0.4, -0.2) is 18.3 Å². The van der Waals surface area contributed by atoms with Gasteiger partial charge >= 0.3 is 0 Å². The molecule has 0 bridgehead atoms. The van der Waals surface area contributed by atoms with E-state index in [1.165, 1.54) is 11.1 Å². The molecule has 2 N–H and O–H groups in total. The van der Waals surface area contributed by atoms with Crippen molar-refractivity contribution in [3.05, 3.63) is 35.4 Å². The lowest BCUT2D eigenvalue weighted by Gasteiger charge is -2.24. The number of aliphatic hydroxyl groups is 1. The lowest BCUT2D eigenvalue weighted by atomic mass is 9.88. The highest BCUT2D eigenvalue weighted by Crippen LogP contribution is 2.20. The second-order valence-electron chi connectivity index (χ2n) is 5.76. The highest BCUT2D eigenvalue weighted by molar-refractivity contribution is 5.22. The van der Waals surface area contributed by atoms with Crippen LogP contribution in [-0.2, 0) is 13.0 Å². The Morgan fingerprint density at radius 1 is 1.11 bits per heavy atom. The summed E-state index contributed by atoms with van der Waals surface area (Å²) in [5.74, 6) is 0. The summed E-state index contributed by atoms with van der Waals surface area (Å²) in [4.78, 5) is 0. The monoisotopic (exact) mass is 249 g/mol. The van der Waals surface area contributed by atoms with E-state index in [1.54, 1.807) is 0 Å². The minimum absolute atomic E-state index is 0.256. The Kier molecular flexibility index (Phi) is 6.37. The maximum Gasteiger partial charge on any atom is 0.0431 e. The van der Waals surface area contributed by atoms with Crippen molar-refractivity contribution < 1.29 is 5.11 Å². The van der Waals surface area contributed by atoms with Crippen molar-refractivity contribution in [2.24, 2.45) is 5.41 Å². The quantitative estimate of drug-likeness (QED) is 0.742. The standard InChI is InChI=1S/C16H27NO/c1-4-14-6-8-15(9-7-14)12-17-13-16(2,3)10-5-11-18/h6-9,17-18H,4-5,10-13H2,1-3H3. The summed E-state index contributed by atoms with van der Waals surface area (Å²) < 4.78 is 0. The molecule has 1 rings (SSSR count). The topological polar surface area (TPSA) is 32.3 Å². The zero-order chi connectivity index (χ0) is 13.4. The van der Waals surface area contributed by atoms with Crippen molar-refractivity contribution >= 4 is 0 Å². The Morgan fingerprint density at radius 3 is 2.28 bits per heavy atom. The number of benzene rings is 1. The first-order chi connectivity index (χ1) is 8.57. The van der Waals surface area contributed by atoms with Gasteiger partial charge in [-0.1, -0.05) is 45.0 Å². The molecule has 0 unspecified atom stereocenters. The average Bonchev–Trinajstić information content (AvgIpc) is 2.37. The number of rotatable bonds is 8. The van der Waals surface area contributed by atoms with Gasteiger partial charge in [0.1, 0.15) is 0 Å². The fraction of sp³-hybridized carbons (Fsp3) is 0.625. The molecular weight excluding hydrogens is 222 g/mol. The van der Waals surface area contributed by atoms with Gasteiger partial charge < -0.3 is 10.4 Å². The third-order valence-corrected chi connectivity index (χ3v) is 3.38. The van der Waals surface area contributed by atoms with Crippen LogP contribution >= 0.6 is 0 Å². The fourth-order valence-corrected chi connectivity index (χ4v) is 2.08. The summed E-state index contributed by atoms with van der Waals surface area (Å²) in [6, 6.07) is 8.81. The van der Waals surface area contributed by atoms with Gasteiger partial charge in [-0.05, 0) is 35.8 Å². The maximum atomic E-state index is 8.86. The second-order valence-corrected chi connectivity index (χ2v) is 5.76. The predicted molar refractivity (Wildman–Crippen MR) is 77.6 cm³/mol. The molecule has 0 heterocycles. The number of aryl methyl sites for hydroxylation is 1. The van der Waals surface area contributed by atoms with Gasteiger partial charge in [0.2, 0.25) is 0 Å². The molecule has 0 amide bonds. The molecule has 0 aromatic heterocycles. The molecule has 0 radical (unpaired) electrons. The maximum absolute atomic E-state index is 8.86. The van der Waals surface area contributed by atoms with E-state index >= 15 is 0 Å². The Balaban J connectivity index is 2.31. The molecule has 2 heteroatoms. The zero-order valence-electron chi connectivity index (χ0n) is 12.0. The SMILES string of the molecule is CCc1ccc(CNCC(C)(C)CCCO)cc1. The number of nitrogens with one attached hydrogen (secondary N) is 1. The minimum Gasteiger partial charge on any atom is -0.396 e. The molecule has 0 aliphatic heterocycles. The first-order valence-corrected chi connectivity index (χ1v) is 6.97. The highest BCUT2D eigenvalue weighted by atomic mass is 16.2. The van der Waals surface area contributed by atoms with Crippen LogP contribution in [0.4, 0.5) is 0 Å². The van der Waals surface area contributed by atoms with Crippen LogP contribution < -0.4 is 5.32 Å². The molecule has 0 atom stereocenters. The molecule has 0 fully saturated rings. The van der Waals surface area contributed by atoms with E-state index in [-0.39, 0.29) is 5.41 Å². The van der Waals surface area contributed by atoms with E-state index in [2.05, 4.69) is 50.4 Å². The van der Waals surface area contributed by atoms with Crippen LogP contribution in [0.2, 0.25) is 0 Å². The average molecular weight is 249 g/mol. The summed E-state index contributed by atoms with van der Waals surface area (Å²) in [5.41, 5.74) is 2.98. The van der Waals surface area contributed by atoms with Crippen molar-refractivity contribution in [2.45, 2.75) is 46.6 Å². The van der Waals surface area contributed by atoms with Gasteiger partial charge in [0.15, 0.2) is 0 Å². The first kappa shape index (κ1) is 15.2. The Bertz CT molecular complexity index is 329. The van der Waals surface area contributed by atoms with Gasteiger partial charge in [0, 0.05) is 19.7 Å². The van der Waals surface area contributed by atoms with Crippen LogP contribution in [0.3, 0.4) is 0 Å². The predicted octanol–water partition coefficient (Wildman–Crippen LogP) is 3.14. The van der Waals surface area contributed by atoms with Gasteiger partial charge in [-0.2, -0.15) is 0 Å². The summed E-state index contributed by atoms with van der Waals surface area (Å²) >= 11 is 0. The first-order valence-electron chi connectivity index (χ1n) is 6.97. The molecule has 102 valence electrons. The molecule has 1 aromatic carbocycles. The van der Waals surface area contributed by atoms with Crippen LogP contribution in [0.15, 0.2) is 24.3 Å². The molecule has 0 spiro atoms. The van der Waals surface area contributed by atoms with Crippen LogP contribution in [0.5, 0.6) is 0 Å². The molecule has 0 aliphatic carbocycles. The third kappa shape index (κ3) is 5.65. The molecule has 1 aromatic rings. The van der Waals surface area contributed by atoms with E-state index in [1.807, 2.05) is 0 Å². The van der Waals surface area contributed by atoms with Crippen molar-refractivity contribution in [1.82, 2.24) is 5.32 Å². The van der Waals surface area contributed by atoms with Crippen molar-refractivity contribution in [3.63, 3.8) is 0 Å². The molecule has 0 aliphatic rings. The number of aliphatic hydroxyl groups excluding tert-OH is 1. The summed E-state index contributed by atoms with van der Waals surface area (Å²) in [7, 11) is 0. The smallest absolute Gasteiger partial charge is 0.0431 e. The summed E-state index contributed by atoms with van der Waals surface area (Å²) in [5, 5.41) is 12.4. The highest BCUT2D eigenvalue weighted by Gasteiger charge is 2.16. The molecule has 2 nitrogen and oxygen atoms in total. The van der Waals surface area contributed by atoms with E-state index in [0.29, 0.717) is 6.61 Å². The Morgan fingerprint density at radius 2 is 1.72 bits per heavy atom. The summed E-state index contributed by atoms with van der Waals surface area (Å²) in [6.45, 7) is 8.87. The van der Waals surface area contributed by atoms with Crippen LogP contribution in [0, 0.1) is 5.41 Å². The largest absolute Gasteiger partial charge is 0.396 e. The van der Waals surface area contributed by atoms with Crippen molar-refractivity contribution in [2.75, 3.05) is 13.2 Å². The molecule has 18 heavy (non-hydrogen) atoms. The summed E-state index contributed by atoms with van der Waals surface area (Å²) in [6.07, 6.45) is 3.05. The third-order valence-electron chi connectivity index (χ3n) is 3.38. The van der Waals surface area contributed by atoms with Gasteiger partial charge in [-0.3, -0.25) is 0 Å². The van der Waals surface area contributed by atoms with Crippen molar-refractivity contribution in [3.8, 4) is 0 Å². The fourth-order valence-electron chi connectivity index (χ4n) is 2.08. The Hall–Kier alpha value is -0.860. The zero-order valence-corrected chi connectivity index (χ0v) is 12.0. The lowest BCUT2D eigenvalue weighted by molar-refractivity contribution is 0.236. The molecular formula is C16H27NO. The second kappa shape index (κ2) is 7.55. The Labute approximate surface area is 111 Å². The van der Waals surface area contributed by atoms with E-state index in [9.17, 15) is 0 Å². The van der Waals surface area contributed by atoms with Gasteiger partial charge in [-0.15, -0.1) is 0 Å². The van der Waals surface area contributed by atoms with Gasteiger partial charge in [0.05, 0.1) is 0 Å². The van der Waals surface area contributed by atoms with Crippen molar-refractivity contribution in [1.29, 1.82) is 0 Å². The van der Waals surface area contributed by atoms with E-state index in [4.69, 9.17) is 5.11 Å². The molecule has 0 saturated heterocycles. The molecule has 0 saturated carbocycles. The van der Waals surface area contributed by atoms with Gasteiger partial charge in [-0.25, -0.2) is 0 Å². The number of hydrogen-bond acceptors (Lipinski definition) is 2. The normalized spacial score (nSPS) is 11.8. The lowest BCUT2D eigenvalue weighted by Crippen LogP contribution is -2.29. The van der Waals surface area contributed by atoms with Crippen LogP contribution in [0.25, 0.3) is 0 Å². The van der Waals surface area contributed by atoms with E-state index in [0.717, 1.165) is 32.4 Å². The van der Waals surface area contributed by atoms with Crippen LogP contribution in [0.1, 0.15) is 44.7 Å². The number of hydrogen-bond donors (Lipinski definition) is 2. The van der Waals surface area contributed by atoms with Gasteiger partial charge in [0.25, 0.3) is 0 Å². The van der Waals surface area contributed by atoms with E-state index < -0.39 is 0 Å². The minimum atomic E-state index is 0.256.